The van der Waals surface area contributed by atoms with Crippen LogP contribution in [0.2, 0.25) is 0 Å². The summed E-state index contributed by atoms with van der Waals surface area (Å²) in [5, 5.41) is 12.8. The number of carbonyl (C=O) groups is 1. The molecule has 2 aromatic heterocycles. The Balaban J connectivity index is 1.74. The third-order valence-corrected chi connectivity index (χ3v) is 5.53. The molecule has 0 unspecified atom stereocenters. The number of amides is 1. The van der Waals surface area contributed by atoms with Crippen molar-refractivity contribution < 1.29 is 22.2 Å². The van der Waals surface area contributed by atoms with Crippen LogP contribution in [0.1, 0.15) is 24.2 Å². The van der Waals surface area contributed by atoms with Gasteiger partial charge in [-0.15, -0.1) is 5.10 Å². The van der Waals surface area contributed by atoms with E-state index in [4.69, 9.17) is 8.94 Å². The van der Waals surface area contributed by atoms with Crippen molar-refractivity contribution in [2.45, 2.75) is 24.0 Å². The summed E-state index contributed by atoms with van der Waals surface area (Å²) < 4.78 is 34.3. The molecule has 0 saturated carbocycles. The number of nitrogens with one attached hydrogen (secondary N) is 1. The standard InChI is InChI=1S/C15H14N4O5S/c1-9(2)25(21,22)11-5-3-10(4-6-11)13(20)17-15-19-18-14(23-15)12-7-8-16-24-12/h3-9H,1-2H3,(H,17,19,20). The van der Waals surface area contributed by atoms with E-state index >= 15 is 0 Å². The molecule has 0 fully saturated rings. The van der Waals surface area contributed by atoms with Crippen LogP contribution in [-0.2, 0) is 9.84 Å². The summed E-state index contributed by atoms with van der Waals surface area (Å²) in [7, 11) is -3.39. The molecule has 0 atom stereocenters. The Kier molecular flexibility index (Phi) is 4.36. The number of sulfone groups is 1. The lowest BCUT2D eigenvalue weighted by Crippen LogP contribution is -2.15. The van der Waals surface area contributed by atoms with Gasteiger partial charge in [-0.1, -0.05) is 10.3 Å². The van der Waals surface area contributed by atoms with E-state index in [-0.39, 0.29) is 28.1 Å². The van der Waals surface area contributed by atoms with E-state index < -0.39 is 21.0 Å². The molecular formula is C15H14N4O5S. The van der Waals surface area contributed by atoms with Crippen LogP contribution in [0.4, 0.5) is 6.01 Å². The van der Waals surface area contributed by atoms with E-state index in [1.165, 1.54) is 36.5 Å². The van der Waals surface area contributed by atoms with Gasteiger partial charge in [0.05, 0.1) is 16.3 Å². The monoisotopic (exact) mass is 362 g/mol. The van der Waals surface area contributed by atoms with Crippen molar-refractivity contribution in [2.75, 3.05) is 5.32 Å². The summed E-state index contributed by atoms with van der Waals surface area (Å²) in [5.74, 6) is -0.163. The molecule has 9 nitrogen and oxygen atoms in total. The lowest BCUT2D eigenvalue weighted by Gasteiger charge is -2.08. The molecule has 130 valence electrons. The van der Waals surface area contributed by atoms with Gasteiger partial charge in [-0.05, 0) is 38.1 Å². The third-order valence-electron chi connectivity index (χ3n) is 3.36. The SMILES string of the molecule is CC(C)S(=O)(=O)c1ccc(C(=O)Nc2nnc(-c3ccno3)o2)cc1. The molecule has 1 N–H and O–H groups in total. The van der Waals surface area contributed by atoms with E-state index in [0.717, 1.165) is 0 Å². The van der Waals surface area contributed by atoms with Crippen LogP contribution in [0, 0.1) is 0 Å². The first-order chi connectivity index (χ1) is 11.9. The lowest BCUT2D eigenvalue weighted by atomic mass is 10.2. The van der Waals surface area contributed by atoms with Crippen molar-refractivity contribution in [1.29, 1.82) is 0 Å². The highest BCUT2D eigenvalue weighted by atomic mass is 32.2. The van der Waals surface area contributed by atoms with Crippen molar-refractivity contribution >= 4 is 21.8 Å². The van der Waals surface area contributed by atoms with Gasteiger partial charge < -0.3 is 8.94 Å². The molecule has 0 radical (unpaired) electrons. The maximum absolute atomic E-state index is 12.2. The summed E-state index contributed by atoms with van der Waals surface area (Å²) >= 11 is 0. The van der Waals surface area contributed by atoms with Gasteiger partial charge in [0, 0.05) is 11.6 Å². The summed E-state index contributed by atoms with van der Waals surface area (Å²) in [6, 6.07) is 7.02. The molecule has 1 aromatic carbocycles. The number of carbonyl (C=O) groups excluding carboxylic acids is 1. The minimum Gasteiger partial charge on any atom is -0.400 e. The van der Waals surface area contributed by atoms with Gasteiger partial charge in [-0.3, -0.25) is 10.1 Å². The number of rotatable bonds is 5. The molecular weight excluding hydrogens is 348 g/mol. The van der Waals surface area contributed by atoms with Crippen LogP contribution >= 0.6 is 0 Å². The second-order valence-corrected chi connectivity index (χ2v) is 7.87. The van der Waals surface area contributed by atoms with Crippen LogP contribution < -0.4 is 5.32 Å². The Morgan fingerprint density at radius 3 is 2.44 bits per heavy atom. The Morgan fingerprint density at radius 1 is 1.12 bits per heavy atom. The van der Waals surface area contributed by atoms with E-state index in [2.05, 4.69) is 20.7 Å². The summed E-state index contributed by atoms with van der Waals surface area (Å²) in [6.07, 6.45) is 1.42. The van der Waals surface area contributed by atoms with Gasteiger partial charge in [0.1, 0.15) is 0 Å². The van der Waals surface area contributed by atoms with E-state index in [1.54, 1.807) is 13.8 Å². The van der Waals surface area contributed by atoms with E-state index in [0.29, 0.717) is 0 Å². The Hall–Kier alpha value is -3.01. The highest BCUT2D eigenvalue weighted by Crippen LogP contribution is 2.20. The van der Waals surface area contributed by atoms with Crippen molar-refractivity contribution in [2.24, 2.45) is 0 Å². The maximum Gasteiger partial charge on any atom is 0.322 e. The first kappa shape index (κ1) is 16.8. The molecule has 0 bridgehead atoms. The lowest BCUT2D eigenvalue weighted by molar-refractivity contribution is 0.102. The van der Waals surface area contributed by atoms with Crippen molar-refractivity contribution in [3.63, 3.8) is 0 Å². The number of benzene rings is 1. The fraction of sp³-hybridized carbons (Fsp3) is 0.200. The Labute approximate surface area is 143 Å². The minimum absolute atomic E-state index is 0.0752. The van der Waals surface area contributed by atoms with Crippen LogP contribution in [-0.4, -0.2) is 34.9 Å². The number of hydrogen-bond donors (Lipinski definition) is 1. The van der Waals surface area contributed by atoms with Crippen LogP contribution in [0.3, 0.4) is 0 Å². The van der Waals surface area contributed by atoms with E-state index in [9.17, 15) is 13.2 Å². The van der Waals surface area contributed by atoms with Gasteiger partial charge in [0.2, 0.25) is 5.76 Å². The second kappa shape index (κ2) is 6.48. The first-order valence-corrected chi connectivity index (χ1v) is 8.82. The van der Waals surface area contributed by atoms with Gasteiger partial charge in [0.25, 0.3) is 11.8 Å². The van der Waals surface area contributed by atoms with Crippen LogP contribution in [0.25, 0.3) is 11.7 Å². The largest absolute Gasteiger partial charge is 0.400 e. The molecule has 10 heteroatoms. The summed E-state index contributed by atoms with van der Waals surface area (Å²) in [5.41, 5.74) is 0.252. The zero-order valence-corrected chi connectivity index (χ0v) is 14.1. The average molecular weight is 362 g/mol. The number of aromatic nitrogens is 3. The quantitative estimate of drug-likeness (QED) is 0.731. The summed E-state index contributed by atoms with van der Waals surface area (Å²) in [4.78, 5) is 12.3. The normalized spacial score (nSPS) is 11.6. The van der Waals surface area contributed by atoms with Crippen molar-refractivity contribution in [3.05, 3.63) is 42.1 Å². The number of anilines is 1. The fourth-order valence-corrected chi connectivity index (χ4v) is 3.00. The van der Waals surface area contributed by atoms with Gasteiger partial charge in [-0.25, -0.2) is 8.42 Å². The van der Waals surface area contributed by atoms with Gasteiger partial charge in [0.15, 0.2) is 9.84 Å². The molecule has 0 aliphatic heterocycles. The molecule has 0 aliphatic rings. The molecule has 25 heavy (non-hydrogen) atoms. The van der Waals surface area contributed by atoms with Gasteiger partial charge in [-0.2, -0.15) is 0 Å². The minimum atomic E-state index is -3.39. The van der Waals surface area contributed by atoms with Crippen LogP contribution in [0.15, 0.2) is 50.4 Å². The smallest absolute Gasteiger partial charge is 0.322 e. The predicted molar refractivity (Wildman–Crippen MR) is 86.5 cm³/mol. The maximum atomic E-state index is 12.2. The molecule has 0 aliphatic carbocycles. The molecule has 2 heterocycles. The fourth-order valence-electron chi connectivity index (χ4n) is 1.94. The van der Waals surface area contributed by atoms with Crippen molar-refractivity contribution in [3.8, 4) is 11.7 Å². The zero-order valence-electron chi connectivity index (χ0n) is 13.3. The Bertz CT molecular complexity index is 975. The number of hydrogen-bond acceptors (Lipinski definition) is 8. The number of nitrogens with zero attached hydrogens (tertiary/aromatic N) is 3. The summed E-state index contributed by atoms with van der Waals surface area (Å²) in [6.45, 7) is 3.19. The molecule has 3 aromatic rings. The molecule has 0 saturated heterocycles. The second-order valence-electron chi connectivity index (χ2n) is 5.36. The third kappa shape index (κ3) is 3.43. The van der Waals surface area contributed by atoms with Crippen molar-refractivity contribution in [1.82, 2.24) is 15.4 Å². The molecule has 3 rings (SSSR count). The van der Waals surface area contributed by atoms with E-state index in [1.807, 2.05) is 0 Å². The zero-order chi connectivity index (χ0) is 18.0. The first-order valence-electron chi connectivity index (χ1n) is 7.28. The highest BCUT2D eigenvalue weighted by molar-refractivity contribution is 7.92. The Morgan fingerprint density at radius 2 is 1.84 bits per heavy atom. The highest BCUT2D eigenvalue weighted by Gasteiger charge is 2.20. The topological polar surface area (TPSA) is 128 Å². The predicted octanol–water partition coefficient (Wildman–Crippen LogP) is 2.16. The van der Waals surface area contributed by atoms with Gasteiger partial charge >= 0.3 is 6.01 Å². The average Bonchev–Trinajstić information content (AvgIpc) is 3.26. The molecule has 1 amide bonds. The van der Waals surface area contributed by atoms with Crippen LogP contribution in [0.5, 0.6) is 0 Å². The molecule has 0 spiro atoms.